The van der Waals surface area contributed by atoms with Crippen LogP contribution in [-0.4, -0.2) is 18.9 Å². The first-order valence-electron chi connectivity index (χ1n) is 7.74. The molecule has 0 bridgehead atoms. The van der Waals surface area contributed by atoms with Gasteiger partial charge in [0.05, 0.1) is 11.3 Å². The molecule has 0 saturated carbocycles. The van der Waals surface area contributed by atoms with Gasteiger partial charge in [-0.2, -0.15) is 0 Å². The quantitative estimate of drug-likeness (QED) is 0.734. The van der Waals surface area contributed by atoms with Gasteiger partial charge in [-0.3, -0.25) is 9.59 Å². The van der Waals surface area contributed by atoms with E-state index in [-0.39, 0.29) is 11.7 Å². The number of hydrogen-bond donors (Lipinski definition) is 2. The van der Waals surface area contributed by atoms with Gasteiger partial charge in [-0.1, -0.05) is 23.7 Å². The fraction of sp³-hybridized carbons (Fsp3) is 0.158. The molecule has 0 aliphatic rings. The van der Waals surface area contributed by atoms with Gasteiger partial charge in [0.2, 0.25) is 0 Å². The number of nitrogens with one attached hydrogen (secondary N) is 2. The number of benzene rings is 2. The second-order valence-electron chi connectivity index (χ2n) is 5.73. The van der Waals surface area contributed by atoms with E-state index in [0.717, 1.165) is 10.9 Å². The Kier molecular flexibility index (Phi) is 4.51. The minimum atomic E-state index is -0.416. The molecule has 0 saturated heterocycles. The molecule has 2 aromatic carbocycles. The number of fused-ring (bicyclic) bond motifs is 1. The van der Waals surface area contributed by atoms with Crippen molar-refractivity contribution in [3.05, 3.63) is 63.9 Å². The fourth-order valence-electron chi connectivity index (χ4n) is 2.79. The van der Waals surface area contributed by atoms with Crippen molar-refractivity contribution >= 4 is 40.1 Å². The van der Waals surface area contributed by atoms with Crippen molar-refractivity contribution in [1.29, 1.82) is 0 Å². The number of anilines is 1. The minimum absolute atomic E-state index is 0.196. The molecule has 0 atom stereocenters. The highest BCUT2D eigenvalue weighted by Crippen LogP contribution is 2.29. The zero-order valence-corrected chi connectivity index (χ0v) is 14.8. The lowest BCUT2D eigenvalue weighted by Gasteiger charge is -2.12. The number of furan rings is 1. The number of aryl methyl sites for hydroxylation is 2. The maximum atomic E-state index is 12.7. The van der Waals surface area contributed by atoms with Gasteiger partial charge in [0, 0.05) is 23.0 Å². The molecule has 25 heavy (non-hydrogen) atoms. The predicted molar refractivity (Wildman–Crippen MR) is 98.5 cm³/mol. The topological polar surface area (TPSA) is 71.3 Å². The van der Waals surface area contributed by atoms with Gasteiger partial charge in [0.25, 0.3) is 11.8 Å². The monoisotopic (exact) mass is 356 g/mol. The van der Waals surface area contributed by atoms with Crippen molar-refractivity contribution in [1.82, 2.24) is 5.32 Å². The lowest BCUT2D eigenvalue weighted by atomic mass is 10.1. The Hall–Kier alpha value is -2.79. The van der Waals surface area contributed by atoms with Crippen LogP contribution in [0.2, 0.25) is 5.02 Å². The molecule has 0 unspecified atom stereocenters. The Balaban J connectivity index is 2.00. The zero-order valence-electron chi connectivity index (χ0n) is 14.1. The van der Waals surface area contributed by atoms with E-state index in [1.165, 1.54) is 0 Å². The first kappa shape index (κ1) is 17.0. The Labute approximate surface area is 150 Å². The van der Waals surface area contributed by atoms with Crippen LogP contribution in [0, 0.1) is 13.8 Å². The summed E-state index contributed by atoms with van der Waals surface area (Å²) in [5, 5.41) is 6.72. The molecule has 2 N–H and O–H groups in total. The van der Waals surface area contributed by atoms with E-state index >= 15 is 0 Å². The van der Waals surface area contributed by atoms with E-state index in [0.29, 0.717) is 27.4 Å². The average molecular weight is 357 g/mol. The molecule has 0 spiro atoms. The first-order valence-corrected chi connectivity index (χ1v) is 8.12. The maximum Gasteiger partial charge on any atom is 0.291 e. The van der Waals surface area contributed by atoms with Crippen LogP contribution in [0.15, 0.2) is 40.8 Å². The van der Waals surface area contributed by atoms with Crippen LogP contribution in [-0.2, 0) is 0 Å². The molecule has 2 amide bonds. The third-order valence-electron chi connectivity index (χ3n) is 4.08. The van der Waals surface area contributed by atoms with Crippen LogP contribution in [0.25, 0.3) is 11.0 Å². The third kappa shape index (κ3) is 3.10. The number of rotatable bonds is 3. The summed E-state index contributed by atoms with van der Waals surface area (Å²) in [5.74, 6) is -0.483. The molecule has 0 radical (unpaired) electrons. The van der Waals surface area contributed by atoms with E-state index in [1.54, 1.807) is 44.3 Å². The number of halogens is 1. The second kappa shape index (κ2) is 6.61. The summed E-state index contributed by atoms with van der Waals surface area (Å²) in [6.45, 7) is 3.61. The maximum absolute atomic E-state index is 12.7. The summed E-state index contributed by atoms with van der Waals surface area (Å²) in [7, 11) is 1.55. The van der Waals surface area contributed by atoms with Crippen molar-refractivity contribution in [3.63, 3.8) is 0 Å². The summed E-state index contributed by atoms with van der Waals surface area (Å²) >= 11 is 6.01. The Bertz CT molecular complexity index is 992. The van der Waals surface area contributed by atoms with Crippen LogP contribution in [0.1, 0.15) is 32.0 Å². The van der Waals surface area contributed by atoms with Crippen molar-refractivity contribution in [2.45, 2.75) is 13.8 Å². The average Bonchev–Trinajstić information content (AvgIpc) is 2.91. The smallest absolute Gasteiger partial charge is 0.291 e. The van der Waals surface area contributed by atoms with E-state index in [2.05, 4.69) is 10.6 Å². The number of carbonyl (C=O) groups excluding carboxylic acids is 2. The van der Waals surface area contributed by atoms with E-state index in [1.807, 2.05) is 13.0 Å². The SMILES string of the molecule is CNC(=O)c1c(C)cccc1NC(=O)c1oc2ccc(Cl)cc2c1C. The molecule has 1 heterocycles. The van der Waals surface area contributed by atoms with Gasteiger partial charge in [-0.05, 0) is 43.7 Å². The molecular formula is C19H17ClN2O3. The summed E-state index contributed by atoms with van der Waals surface area (Å²) in [4.78, 5) is 24.8. The van der Waals surface area contributed by atoms with Crippen LogP contribution in [0.5, 0.6) is 0 Å². The molecule has 128 valence electrons. The number of hydrogen-bond acceptors (Lipinski definition) is 3. The molecular weight excluding hydrogens is 340 g/mol. The van der Waals surface area contributed by atoms with Crippen LogP contribution in [0.3, 0.4) is 0 Å². The van der Waals surface area contributed by atoms with E-state index in [4.69, 9.17) is 16.0 Å². The first-order chi connectivity index (χ1) is 11.9. The zero-order chi connectivity index (χ0) is 18.1. The highest BCUT2D eigenvalue weighted by atomic mass is 35.5. The highest BCUT2D eigenvalue weighted by Gasteiger charge is 2.21. The predicted octanol–water partition coefficient (Wildman–Crippen LogP) is 4.31. The summed E-state index contributed by atoms with van der Waals surface area (Å²) in [6, 6.07) is 10.5. The second-order valence-corrected chi connectivity index (χ2v) is 6.16. The molecule has 3 aromatic rings. The molecule has 0 aliphatic carbocycles. The lowest BCUT2D eigenvalue weighted by Crippen LogP contribution is -2.22. The molecule has 0 fully saturated rings. The van der Waals surface area contributed by atoms with Gasteiger partial charge in [0.15, 0.2) is 5.76 Å². The molecule has 1 aromatic heterocycles. The largest absolute Gasteiger partial charge is 0.451 e. The molecule has 3 rings (SSSR count). The molecule has 6 heteroatoms. The Morgan fingerprint density at radius 1 is 1.08 bits per heavy atom. The molecule has 0 aliphatic heterocycles. The van der Waals surface area contributed by atoms with Crippen molar-refractivity contribution in [2.24, 2.45) is 0 Å². The van der Waals surface area contributed by atoms with Gasteiger partial charge in [-0.15, -0.1) is 0 Å². The normalized spacial score (nSPS) is 10.7. The summed E-state index contributed by atoms with van der Waals surface area (Å²) < 4.78 is 5.67. The number of carbonyl (C=O) groups is 2. The van der Waals surface area contributed by atoms with Crippen LogP contribution >= 0.6 is 11.6 Å². The standard InChI is InChI=1S/C19H17ClN2O3/c1-10-5-4-6-14(16(10)18(23)21-3)22-19(24)17-11(2)13-9-12(20)7-8-15(13)25-17/h4-9H,1-3H3,(H,21,23)(H,22,24). The molecule has 5 nitrogen and oxygen atoms in total. The van der Waals surface area contributed by atoms with Gasteiger partial charge < -0.3 is 15.1 Å². The van der Waals surface area contributed by atoms with Crippen molar-refractivity contribution in [3.8, 4) is 0 Å². The van der Waals surface area contributed by atoms with E-state index < -0.39 is 5.91 Å². The van der Waals surface area contributed by atoms with Gasteiger partial charge in [0.1, 0.15) is 5.58 Å². The van der Waals surface area contributed by atoms with Crippen LogP contribution in [0.4, 0.5) is 5.69 Å². The van der Waals surface area contributed by atoms with E-state index in [9.17, 15) is 9.59 Å². The Morgan fingerprint density at radius 2 is 1.84 bits per heavy atom. The van der Waals surface area contributed by atoms with Crippen molar-refractivity contribution < 1.29 is 14.0 Å². The summed E-state index contributed by atoms with van der Waals surface area (Å²) in [5.41, 5.74) is 2.91. The lowest BCUT2D eigenvalue weighted by molar-refractivity contribution is 0.0963. The van der Waals surface area contributed by atoms with Crippen molar-refractivity contribution in [2.75, 3.05) is 12.4 Å². The highest BCUT2D eigenvalue weighted by molar-refractivity contribution is 6.31. The number of amides is 2. The fourth-order valence-corrected chi connectivity index (χ4v) is 2.96. The minimum Gasteiger partial charge on any atom is -0.451 e. The Morgan fingerprint density at radius 3 is 2.56 bits per heavy atom. The third-order valence-corrected chi connectivity index (χ3v) is 4.31. The van der Waals surface area contributed by atoms with Crippen LogP contribution < -0.4 is 10.6 Å². The van der Waals surface area contributed by atoms with Gasteiger partial charge >= 0.3 is 0 Å². The summed E-state index contributed by atoms with van der Waals surface area (Å²) in [6.07, 6.45) is 0. The van der Waals surface area contributed by atoms with Gasteiger partial charge in [-0.25, -0.2) is 0 Å².